The maximum Gasteiger partial charge on any atom is 0.0601 e. The maximum atomic E-state index is 3.58. The largest absolute Gasteiger partial charge is 0.314 e. The zero-order chi connectivity index (χ0) is 10.5. The molecule has 1 aliphatic rings. The predicted octanol–water partition coefficient (Wildman–Crippen LogP) is 3.76. The number of hydrogen-bond acceptors (Lipinski definition) is 3. The van der Waals surface area contributed by atoms with Crippen molar-refractivity contribution < 1.29 is 0 Å². The Balaban J connectivity index is 1.82. The van der Waals surface area contributed by atoms with Crippen molar-refractivity contribution in [2.75, 3.05) is 6.54 Å². The molecule has 0 spiro atoms. The lowest BCUT2D eigenvalue weighted by atomic mass is 9.95. The first-order valence-corrected chi connectivity index (χ1v) is 7.58. The summed E-state index contributed by atoms with van der Waals surface area (Å²) < 4.78 is 1.48. The lowest BCUT2D eigenvalue weighted by Gasteiger charge is -2.28. The number of hydrogen-bond donors (Lipinski definition) is 1. The highest BCUT2D eigenvalue weighted by molar-refractivity contribution is 8.01. The van der Waals surface area contributed by atoms with E-state index < -0.39 is 0 Å². The van der Waals surface area contributed by atoms with E-state index in [0.29, 0.717) is 0 Å². The van der Waals surface area contributed by atoms with Gasteiger partial charge in [0.15, 0.2) is 0 Å². The summed E-state index contributed by atoms with van der Waals surface area (Å²) >= 11 is 3.95. The van der Waals surface area contributed by atoms with Crippen LogP contribution in [0.2, 0.25) is 0 Å². The molecule has 0 saturated heterocycles. The van der Waals surface area contributed by atoms with Crippen LogP contribution >= 0.6 is 23.1 Å². The molecule has 1 fully saturated rings. The minimum absolute atomic E-state index is 0.765. The van der Waals surface area contributed by atoms with E-state index in [4.69, 9.17) is 0 Å². The summed E-state index contributed by atoms with van der Waals surface area (Å²) in [5, 5.41) is 6.59. The zero-order valence-electron chi connectivity index (χ0n) is 9.24. The highest BCUT2D eigenvalue weighted by Crippen LogP contribution is 2.35. The molecule has 0 aliphatic heterocycles. The second-order valence-electron chi connectivity index (χ2n) is 4.09. The van der Waals surface area contributed by atoms with Gasteiger partial charge in [0, 0.05) is 11.3 Å². The summed E-state index contributed by atoms with van der Waals surface area (Å²) in [7, 11) is 0. The van der Waals surface area contributed by atoms with Crippen molar-refractivity contribution in [1.29, 1.82) is 0 Å². The summed E-state index contributed by atoms with van der Waals surface area (Å²) in [6.07, 6.45) is 5.50. The Morgan fingerprint density at radius 2 is 2.47 bits per heavy atom. The molecule has 0 radical (unpaired) electrons. The molecule has 2 unspecified atom stereocenters. The Bertz CT molecular complexity index is 269. The second kappa shape index (κ2) is 5.92. The molecule has 2 atom stereocenters. The van der Waals surface area contributed by atoms with Crippen LogP contribution in [-0.4, -0.2) is 17.8 Å². The van der Waals surface area contributed by atoms with Gasteiger partial charge in [0.05, 0.1) is 4.21 Å². The molecule has 15 heavy (non-hydrogen) atoms. The van der Waals surface area contributed by atoms with E-state index in [1.54, 1.807) is 0 Å². The smallest absolute Gasteiger partial charge is 0.0601 e. The minimum atomic E-state index is 0.765. The van der Waals surface area contributed by atoms with Crippen LogP contribution in [0.3, 0.4) is 0 Å². The lowest BCUT2D eigenvalue weighted by Crippen LogP contribution is -2.34. The van der Waals surface area contributed by atoms with Gasteiger partial charge in [-0.25, -0.2) is 0 Å². The third-order valence-corrected chi connectivity index (χ3v) is 5.27. The molecule has 3 heteroatoms. The number of thioether (sulfide) groups is 1. The van der Waals surface area contributed by atoms with Crippen LogP contribution in [0.25, 0.3) is 0 Å². The minimum Gasteiger partial charge on any atom is -0.314 e. The molecule has 1 N–H and O–H groups in total. The Labute approximate surface area is 101 Å². The van der Waals surface area contributed by atoms with Crippen LogP contribution in [-0.2, 0) is 0 Å². The van der Waals surface area contributed by atoms with Crippen LogP contribution < -0.4 is 5.32 Å². The van der Waals surface area contributed by atoms with E-state index in [-0.39, 0.29) is 0 Å². The van der Waals surface area contributed by atoms with Gasteiger partial charge in [-0.05, 0) is 37.3 Å². The van der Waals surface area contributed by atoms with E-state index in [9.17, 15) is 0 Å². The normalized spacial score (nSPS) is 26.7. The Morgan fingerprint density at radius 1 is 1.53 bits per heavy atom. The molecular formula is C12H19NS2. The lowest BCUT2D eigenvalue weighted by molar-refractivity contribution is 0.388. The number of nitrogens with one attached hydrogen (secondary N) is 1. The van der Waals surface area contributed by atoms with Crippen molar-refractivity contribution in [2.24, 2.45) is 0 Å². The van der Waals surface area contributed by atoms with Gasteiger partial charge in [-0.2, -0.15) is 0 Å². The fraction of sp³-hybridized carbons (Fsp3) is 0.667. The highest BCUT2D eigenvalue weighted by Gasteiger charge is 2.22. The molecule has 1 heterocycles. The standard InChI is InChI=1S/C12H19NS2/c1-2-13-10-5-3-6-11(9-10)15-12-7-4-8-14-12/h4,7-8,10-11,13H,2-3,5-6,9H2,1H3. The van der Waals surface area contributed by atoms with E-state index in [0.717, 1.165) is 17.8 Å². The fourth-order valence-corrected chi connectivity index (χ4v) is 4.57. The fourth-order valence-electron chi connectivity index (χ4n) is 2.22. The average molecular weight is 241 g/mol. The maximum absolute atomic E-state index is 3.58. The Morgan fingerprint density at radius 3 is 3.20 bits per heavy atom. The van der Waals surface area contributed by atoms with Crippen LogP contribution in [0.5, 0.6) is 0 Å². The van der Waals surface area contributed by atoms with Gasteiger partial charge < -0.3 is 5.32 Å². The quantitative estimate of drug-likeness (QED) is 0.861. The molecule has 1 aromatic heterocycles. The Kier molecular flexibility index (Phi) is 4.54. The third-order valence-electron chi connectivity index (χ3n) is 2.90. The first kappa shape index (κ1) is 11.5. The molecule has 0 bridgehead atoms. The van der Waals surface area contributed by atoms with Gasteiger partial charge in [0.2, 0.25) is 0 Å². The van der Waals surface area contributed by atoms with Crippen LogP contribution in [0.4, 0.5) is 0 Å². The van der Waals surface area contributed by atoms with Gasteiger partial charge in [-0.1, -0.05) is 19.4 Å². The molecule has 84 valence electrons. The summed E-state index contributed by atoms with van der Waals surface area (Å²) in [6, 6.07) is 5.16. The zero-order valence-corrected chi connectivity index (χ0v) is 10.9. The summed E-state index contributed by atoms with van der Waals surface area (Å²) in [4.78, 5) is 0. The van der Waals surface area contributed by atoms with Gasteiger partial charge >= 0.3 is 0 Å². The van der Waals surface area contributed by atoms with Gasteiger partial charge in [0.25, 0.3) is 0 Å². The van der Waals surface area contributed by atoms with Gasteiger partial charge in [-0.15, -0.1) is 23.1 Å². The molecule has 1 saturated carbocycles. The van der Waals surface area contributed by atoms with E-state index in [1.165, 1.54) is 29.9 Å². The van der Waals surface area contributed by atoms with Crippen molar-refractivity contribution in [2.45, 2.75) is 48.1 Å². The molecule has 1 nitrogen and oxygen atoms in total. The highest BCUT2D eigenvalue weighted by atomic mass is 32.2. The summed E-state index contributed by atoms with van der Waals surface area (Å²) in [5.74, 6) is 0. The van der Waals surface area contributed by atoms with Crippen molar-refractivity contribution >= 4 is 23.1 Å². The molecule has 1 aromatic rings. The van der Waals surface area contributed by atoms with Gasteiger partial charge in [-0.3, -0.25) is 0 Å². The SMILES string of the molecule is CCNC1CCCC(Sc2cccs2)C1. The van der Waals surface area contributed by atoms with E-state index >= 15 is 0 Å². The molecular weight excluding hydrogens is 222 g/mol. The van der Waals surface area contributed by atoms with Crippen molar-refractivity contribution in [1.82, 2.24) is 5.32 Å². The van der Waals surface area contributed by atoms with E-state index in [1.807, 2.05) is 11.3 Å². The van der Waals surface area contributed by atoms with Crippen molar-refractivity contribution in [3.63, 3.8) is 0 Å². The predicted molar refractivity (Wildman–Crippen MR) is 69.9 cm³/mol. The molecule has 2 rings (SSSR count). The molecule has 0 aromatic carbocycles. The second-order valence-corrected chi connectivity index (χ2v) is 6.64. The van der Waals surface area contributed by atoms with E-state index in [2.05, 4.69) is 41.5 Å². The number of thiophene rings is 1. The Hall–Kier alpha value is 0.01000. The third kappa shape index (κ3) is 3.51. The summed E-state index contributed by atoms with van der Waals surface area (Å²) in [6.45, 7) is 3.32. The molecule has 0 amide bonds. The van der Waals surface area contributed by atoms with Crippen molar-refractivity contribution in [3.8, 4) is 0 Å². The summed E-state index contributed by atoms with van der Waals surface area (Å²) in [5.41, 5.74) is 0. The van der Waals surface area contributed by atoms with Gasteiger partial charge in [0.1, 0.15) is 0 Å². The average Bonchev–Trinajstić information content (AvgIpc) is 2.71. The van der Waals surface area contributed by atoms with Crippen LogP contribution in [0, 0.1) is 0 Å². The van der Waals surface area contributed by atoms with Crippen molar-refractivity contribution in [3.05, 3.63) is 17.5 Å². The first-order valence-electron chi connectivity index (χ1n) is 5.82. The molecule has 1 aliphatic carbocycles. The van der Waals surface area contributed by atoms with Crippen LogP contribution in [0.1, 0.15) is 32.6 Å². The monoisotopic (exact) mass is 241 g/mol. The van der Waals surface area contributed by atoms with Crippen LogP contribution in [0.15, 0.2) is 21.7 Å². The topological polar surface area (TPSA) is 12.0 Å². The first-order chi connectivity index (χ1) is 7.38. The number of rotatable bonds is 4.